The molecule has 2 saturated heterocycles. The molecule has 0 aromatic carbocycles. The molecule has 0 radical (unpaired) electrons. The molecule has 0 spiro atoms. The second-order valence-electron chi connectivity index (χ2n) is 6.15. The molecule has 100 valence electrons. The first kappa shape index (κ1) is 14.3. The SMILES string of the molecule is CC[C@@H]1CC[C@@H](C)P1CP1[C@H](CC)CC[C@H]1C. The van der Waals surface area contributed by atoms with Crippen LogP contribution in [-0.4, -0.2) is 28.5 Å². The largest absolute Gasteiger partial charge is 0.0962 e. The summed E-state index contributed by atoms with van der Waals surface area (Å²) >= 11 is 0. The monoisotopic (exact) mass is 272 g/mol. The van der Waals surface area contributed by atoms with Crippen molar-refractivity contribution < 1.29 is 0 Å². The Morgan fingerprint density at radius 2 is 1.18 bits per heavy atom. The predicted octanol–water partition coefficient (Wildman–Crippen LogP) is 5.83. The summed E-state index contributed by atoms with van der Waals surface area (Å²) in [6.07, 6.45) is 9.11. The van der Waals surface area contributed by atoms with Crippen molar-refractivity contribution in [3.05, 3.63) is 0 Å². The van der Waals surface area contributed by atoms with Crippen LogP contribution in [0.3, 0.4) is 0 Å². The van der Waals surface area contributed by atoms with E-state index in [1.807, 2.05) is 0 Å². The molecule has 2 aliphatic heterocycles. The van der Waals surface area contributed by atoms with Crippen LogP contribution < -0.4 is 0 Å². The van der Waals surface area contributed by atoms with E-state index in [-0.39, 0.29) is 0 Å². The minimum Gasteiger partial charge on any atom is -0.0962 e. The van der Waals surface area contributed by atoms with Crippen molar-refractivity contribution in [1.29, 1.82) is 0 Å². The molecule has 0 saturated carbocycles. The molecule has 2 heterocycles. The van der Waals surface area contributed by atoms with Gasteiger partial charge in [-0.1, -0.05) is 43.5 Å². The Kier molecular flexibility index (Phi) is 5.32. The van der Waals surface area contributed by atoms with E-state index in [9.17, 15) is 0 Å². The van der Waals surface area contributed by atoms with E-state index in [4.69, 9.17) is 0 Å². The van der Waals surface area contributed by atoms with Crippen LogP contribution >= 0.6 is 15.8 Å². The van der Waals surface area contributed by atoms with Gasteiger partial charge in [-0.15, -0.1) is 0 Å². The molecule has 0 amide bonds. The molecule has 2 aliphatic rings. The first-order valence-electron chi connectivity index (χ1n) is 7.68. The van der Waals surface area contributed by atoms with E-state index in [1.165, 1.54) is 12.8 Å². The van der Waals surface area contributed by atoms with Crippen LogP contribution in [0.15, 0.2) is 0 Å². The molecular weight excluding hydrogens is 242 g/mol. The third kappa shape index (κ3) is 3.06. The van der Waals surface area contributed by atoms with Gasteiger partial charge in [0.25, 0.3) is 0 Å². The van der Waals surface area contributed by atoms with E-state index in [0.717, 1.165) is 22.6 Å². The molecule has 0 bridgehead atoms. The first-order chi connectivity index (χ1) is 8.17. The van der Waals surface area contributed by atoms with Crippen molar-refractivity contribution in [3.8, 4) is 0 Å². The first-order valence-corrected chi connectivity index (χ1v) is 11.0. The molecule has 17 heavy (non-hydrogen) atoms. The lowest BCUT2D eigenvalue weighted by molar-refractivity contribution is 0.725. The quantitative estimate of drug-likeness (QED) is 0.565. The molecule has 0 N–H and O–H groups in total. The summed E-state index contributed by atoms with van der Waals surface area (Å²) in [5.74, 6) is 1.68. The van der Waals surface area contributed by atoms with Crippen LogP contribution in [0, 0.1) is 0 Å². The molecular formula is C15H30P2. The van der Waals surface area contributed by atoms with Gasteiger partial charge in [0.05, 0.1) is 0 Å². The maximum absolute atomic E-state index is 2.55. The summed E-state index contributed by atoms with van der Waals surface area (Å²) in [4.78, 5) is 0. The lowest BCUT2D eigenvalue weighted by atomic mass is 10.2. The summed E-state index contributed by atoms with van der Waals surface area (Å²) < 4.78 is 0. The number of hydrogen-bond acceptors (Lipinski definition) is 0. The van der Waals surface area contributed by atoms with Gasteiger partial charge in [0.1, 0.15) is 0 Å². The Balaban J connectivity index is 1.98. The normalized spacial score (nSPS) is 46.6. The molecule has 2 rings (SSSR count). The highest BCUT2D eigenvalue weighted by Gasteiger charge is 2.38. The molecule has 2 fully saturated rings. The van der Waals surface area contributed by atoms with Crippen molar-refractivity contribution >= 4 is 15.8 Å². The van der Waals surface area contributed by atoms with Gasteiger partial charge < -0.3 is 0 Å². The van der Waals surface area contributed by atoms with Gasteiger partial charge in [-0.3, -0.25) is 0 Å². The van der Waals surface area contributed by atoms with E-state index < -0.39 is 0 Å². The van der Waals surface area contributed by atoms with Crippen LogP contribution in [0.4, 0.5) is 0 Å². The molecule has 2 unspecified atom stereocenters. The highest BCUT2D eigenvalue weighted by Crippen LogP contribution is 2.68. The average Bonchev–Trinajstić information content (AvgIpc) is 2.85. The fraction of sp³-hybridized carbons (Fsp3) is 1.00. The van der Waals surface area contributed by atoms with Gasteiger partial charge in [-0.25, -0.2) is 0 Å². The molecule has 2 heteroatoms. The van der Waals surface area contributed by atoms with E-state index in [1.54, 1.807) is 31.6 Å². The van der Waals surface area contributed by atoms with E-state index in [0.29, 0.717) is 15.8 Å². The Morgan fingerprint density at radius 3 is 1.53 bits per heavy atom. The standard InChI is InChI=1S/C15H30P2/c1-5-14-9-7-12(3)16(14)11-17-13(4)8-10-15(17)6-2/h12-15H,5-11H2,1-4H3/t12-,13-,14-,15-,16?,17?/m1/s1. The second kappa shape index (κ2) is 6.34. The smallest absolute Gasteiger partial charge is 0.0111 e. The van der Waals surface area contributed by atoms with Crippen LogP contribution in [-0.2, 0) is 0 Å². The van der Waals surface area contributed by atoms with Gasteiger partial charge in [-0.2, -0.15) is 0 Å². The van der Waals surface area contributed by atoms with Crippen molar-refractivity contribution in [3.63, 3.8) is 0 Å². The average molecular weight is 272 g/mol. The zero-order chi connectivity index (χ0) is 12.4. The zero-order valence-electron chi connectivity index (χ0n) is 12.2. The Morgan fingerprint density at radius 1 is 0.765 bits per heavy atom. The summed E-state index contributed by atoms with van der Waals surface area (Å²) in [6, 6.07) is 0. The third-order valence-electron chi connectivity index (χ3n) is 5.17. The predicted molar refractivity (Wildman–Crippen MR) is 84.3 cm³/mol. The molecule has 0 aromatic rings. The highest BCUT2D eigenvalue weighted by molar-refractivity contribution is 7.76. The number of rotatable bonds is 4. The fourth-order valence-electron chi connectivity index (χ4n) is 3.83. The minimum absolute atomic E-state index is 0.389. The molecule has 0 aromatic heterocycles. The fourth-order valence-corrected chi connectivity index (χ4v) is 13.7. The van der Waals surface area contributed by atoms with E-state index in [2.05, 4.69) is 27.7 Å². The Bertz CT molecular complexity index is 217. The van der Waals surface area contributed by atoms with Gasteiger partial charge in [0.2, 0.25) is 0 Å². The second-order valence-corrected chi connectivity index (χ2v) is 12.6. The lowest BCUT2D eigenvalue weighted by Crippen LogP contribution is -2.08. The molecule has 6 atom stereocenters. The summed E-state index contributed by atoms with van der Waals surface area (Å²) in [7, 11) is 0.778. The van der Waals surface area contributed by atoms with Gasteiger partial charge >= 0.3 is 0 Å². The molecule has 0 nitrogen and oxygen atoms in total. The topological polar surface area (TPSA) is 0 Å². The summed E-state index contributed by atoms with van der Waals surface area (Å²) in [5, 5.41) is 0. The van der Waals surface area contributed by atoms with Crippen molar-refractivity contribution in [2.75, 3.05) is 5.90 Å². The highest BCUT2D eigenvalue weighted by atomic mass is 31.2. The van der Waals surface area contributed by atoms with Crippen LogP contribution in [0.1, 0.15) is 66.2 Å². The van der Waals surface area contributed by atoms with Crippen LogP contribution in [0.25, 0.3) is 0 Å². The van der Waals surface area contributed by atoms with Crippen LogP contribution in [0.2, 0.25) is 0 Å². The minimum atomic E-state index is 0.389. The van der Waals surface area contributed by atoms with Crippen molar-refractivity contribution in [2.24, 2.45) is 0 Å². The van der Waals surface area contributed by atoms with Crippen molar-refractivity contribution in [1.82, 2.24) is 0 Å². The summed E-state index contributed by atoms with van der Waals surface area (Å²) in [6.45, 7) is 9.97. The number of hydrogen-bond donors (Lipinski definition) is 0. The zero-order valence-corrected chi connectivity index (χ0v) is 13.9. The maximum Gasteiger partial charge on any atom is -0.0111 e. The van der Waals surface area contributed by atoms with Gasteiger partial charge in [-0.05, 0) is 67.1 Å². The molecule has 0 aliphatic carbocycles. The summed E-state index contributed by atoms with van der Waals surface area (Å²) in [5.41, 5.74) is 4.44. The maximum atomic E-state index is 2.55. The Labute approximate surface area is 111 Å². The lowest BCUT2D eigenvalue weighted by Gasteiger charge is -2.31. The third-order valence-corrected chi connectivity index (χ3v) is 13.7. The van der Waals surface area contributed by atoms with Gasteiger partial charge in [0.15, 0.2) is 0 Å². The Hall–Kier alpha value is 0.860. The van der Waals surface area contributed by atoms with Crippen molar-refractivity contribution in [2.45, 2.75) is 88.9 Å². The van der Waals surface area contributed by atoms with Crippen LogP contribution in [0.5, 0.6) is 0 Å². The van der Waals surface area contributed by atoms with Gasteiger partial charge in [0, 0.05) is 0 Å². The van der Waals surface area contributed by atoms with E-state index >= 15 is 0 Å².